The van der Waals surface area contributed by atoms with Crippen LogP contribution >= 0.6 is 0 Å². The van der Waals surface area contributed by atoms with E-state index in [1.165, 1.54) is 36.6 Å². The summed E-state index contributed by atoms with van der Waals surface area (Å²) in [6.45, 7) is 1.20. The van der Waals surface area contributed by atoms with Gasteiger partial charge in [-0.15, -0.1) is 0 Å². The number of hydrogen-bond acceptors (Lipinski definition) is 1. The van der Waals surface area contributed by atoms with Crippen molar-refractivity contribution < 1.29 is 0 Å². The molecule has 0 unspecified atom stereocenters. The quantitative estimate of drug-likeness (QED) is 0.649. The van der Waals surface area contributed by atoms with E-state index < -0.39 is 0 Å². The average Bonchev–Trinajstić information content (AvgIpc) is 2.68. The predicted molar refractivity (Wildman–Crippen MR) is 75.3 cm³/mol. The molecule has 1 aromatic carbocycles. The molecule has 1 aliphatic carbocycles. The van der Waals surface area contributed by atoms with E-state index in [-0.39, 0.29) is 0 Å². The smallest absolute Gasteiger partial charge is 0.0596 e. The van der Waals surface area contributed by atoms with Crippen LogP contribution in [0.5, 0.6) is 0 Å². The Labute approximate surface area is 104 Å². The second kappa shape index (κ2) is 3.46. The standard InChI is InChI=1S/C14H18N2Si/c17-14-10-7-12-8(4-2-6-15-12)9-3-1-5-11(16-14)13(9)10/h1,3,5,8,12,15-16H,2,4,6-7H2,17H3/t8-,12-/m1/s1. The van der Waals surface area contributed by atoms with Crippen LogP contribution in [0.4, 0.5) is 0 Å². The number of nitrogens with one attached hydrogen (secondary N) is 2. The van der Waals surface area contributed by atoms with Crippen molar-refractivity contribution in [2.24, 2.45) is 0 Å². The highest BCUT2D eigenvalue weighted by Crippen LogP contribution is 2.39. The van der Waals surface area contributed by atoms with Gasteiger partial charge in [-0.1, -0.05) is 12.1 Å². The molecule has 0 saturated carbocycles. The van der Waals surface area contributed by atoms with E-state index in [0.29, 0.717) is 6.04 Å². The molecule has 0 radical (unpaired) electrons. The van der Waals surface area contributed by atoms with Crippen molar-refractivity contribution >= 4 is 26.5 Å². The minimum atomic E-state index is 0.686. The van der Waals surface area contributed by atoms with Crippen LogP contribution in [0, 0.1) is 0 Å². The molecule has 88 valence electrons. The van der Waals surface area contributed by atoms with Crippen LogP contribution in [0.1, 0.15) is 29.9 Å². The lowest BCUT2D eigenvalue weighted by Crippen LogP contribution is -2.43. The van der Waals surface area contributed by atoms with E-state index >= 15 is 0 Å². The molecule has 0 spiro atoms. The Balaban J connectivity index is 2.01. The van der Waals surface area contributed by atoms with Gasteiger partial charge < -0.3 is 10.3 Å². The van der Waals surface area contributed by atoms with Crippen molar-refractivity contribution in [3.05, 3.63) is 29.3 Å². The van der Waals surface area contributed by atoms with Gasteiger partial charge in [-0.3, -0.25) is 0 Å². The van der Waals surface area contributed by atoms with Crippen molar-refractivity contribution in [1.82, 2.24) is 10.3 Å². The summed E-state index contributed by atoms with van der Waals surface area (Å²) in [6, 6.07) is 7.49. The molecule has 2 heterocycles. The van der Waals surface area contributed by atoms with Crippen LogP contribution < -0.4 is 10.6 Å². The highest BCUT2D eigenvalue weighted by atomic mass is 28.1. The highest BCUT2D eigenvalue weighted by Gasteiger charge is 2.33. The summed E-state index contributed by atoms with van der Waals surface area (Å²) in [6.07, 6.45) is 3.92. The van der Waals surface area contributed by atoms with Crippen LogP contribution in [0.3, 0.4) is 0 Å². The second-order valence-corrected chi connectivity index (χ2v) is 6.51. The largest absolute Gasteiger partial charge is 0.363 e. The third kappa shape index (κ3) is 1.29. The Morgan fingerprint density at radius 2 is 2.24 bits per heavy atom. The first-order valence-corrected chi connectivity index (χ1v) is 7.68. The molecule has 0 amide bonds. The summed E-state index contributed by atoms with van der Waals surface area (Å²) in [4.78, 5) is 3.60. The molecule has 2 atom stereocenters. The molecule has 3 heteroatoms. The van der Waals surface area contributed by atoms with Gasteiger partial charge in [0.05, 0.1) is 10.2 Å². The van der Waals surface area contributed by atoms with E-state index in [1.807, 2.05) is 0 Å². The van der Waals surface area contributed by atoms with Crippen molar-refractivity contribution in [3.8, 4) is 0 Å². The summed E-state index contributed by atoms with van der Waals surface area (Å²) in [5, 5.41) is 6.78. The third-order valence-electron chi connectivity index (χ3n) is 4.58. The topological polar surface area (TPSA) is 27.8 Å². The van der Waals surface area contributed by atoms with Gasteiger partial charge in [-0.05, 0) is 48.3 Å². The number of aromatic nitrogens is 1. The Hall–Kier alpha value is -1.06. The highest BCUT2D eigenvalue weighted by molar-refractivity contribution is 6.34. The Kier molecular flexibility index (Phi) is 2.02. The SMILES string of the molecule is [SiH3]c1[nH]c2cccc3c2c1C[C@H]1NCCC[C@H]31. The van der Waals surface area contributed by atoms with E-state index in [9.17, 15) is 0 Å². The molecule has 1 aliphatic heterocycles. The molecule has 2 aromatic rings. The Morgan fingerprint density at radius 3 is 3.18 bits per heavy atom. The number of aromatic amines is 1. The number of hydrogen-bond donors (Lipinski definition) is 2. The third-order valence-corrected chi connectivity index (χ3v) is 5.43. The van der Waals surface area contributed by atoms with E-state index in [0.717, 1.165) is 16.2 Å². The van der Waals surface area contributed by atoms with Gasteiger partial charge in [-0.25, -0.2) is 0 Å². The van der Waals surface area contributed by atoms with Gasteiger partial charge >= 0.3 is 0 Å². The van der Waals surface area contributed by atoms with Gasteiger partial charge in [0.2, 0.25) is 0 Å². The van der Waals surface area contributed by atoms with Crippen LogP contribution in [-0.4, -0.2) is 27.8 Å². The fraction of sp³-hybridized carbons (Fsp3) is 0.429. The monoisotopic (exact) mass is 242 g/mol. The summed E-state index contributed by atoms with van der Waals surface area (Å²) in [5.74, 6) is 0.747. The summed E-state index contributed by atoms with van der Waals surface area (Å²) >= 11 is 0. The lowest BCUT2D eigenvalue weighted by molar-refractivity contribution is 0.346. The van der Waals surface area contributed by atoms with Gasteiger partial charge in [0.1, 0.15) is 0 Å². The molecule has 1 fully saturated rings. The normalized spacial score (nSPS) is 27.3. The van der Waals surface area contributed by atoms with Crippen LogP contribution in [0.25, 0.3) is 10.9 Å². The molecule has 0 bridgehead atoms. The zero-order chi connectivity index (χ0) is 11.4. The summed E-state index contributed by atoms with van der Waals surface area (Å²) < 4.78 is 0. The van der Waals surface area contributed by atoms with Crippen molar-refractivity contribution in [2.75, 3.05) is 6.54 Å². The summed E-state index contributed by atoms with van der Waals surface area (Å²) in [7, 11) is 1.13. The first-order chi connectivity index (χ1) is 8.34. The second-order valence-electron chi connectivity index (χ2n) is 5.51. The molecule has 1 aromatic heterocycles. The minimum absolute atomic E-state index is 0.686. The number of piperidine rings is 1. The number of fused-ring (bicyclic) bond motifs is 2. The average molecular weight is 242 g/mol. The zero-order valence-electron chi connectivity index (χ0n) is 10.2. The summed E-state index contributed by atoms with van der Waals surface area (Å²) in [5.41, 5.74) is 4.57. The van der Waals surface area contributed by atoms with Gasteiger partial charge in [0.15, 0.2) is 0 Å². The van der Waals surface area contributed by atoms with Crippen LogP contribution in [-0.2, 0) is 6.42 Å². The lowest BCUT2D eigenvalue weighted by atomic mass is 9.76. The molecule has 2 nitrogen and oxygen atoms in total. The lowest BCUT2D eigenvalue weighted by Gasteiger charge is -2.37. The maximum absolute atomic E-state index is 3.72. The molecule has 4 rings (SSSR count). The molecule has 2 aliphatic rings. The predicted octanol–water partition coefficient (Wildman–Crippen LogP) is 0.550. The first kappa shape index (κ1) is 9.92. The van der Waals surface area contributed by atoms with Crippen molar-refractivity contribution in [2.45, 2.75) is 31.2 Å². The van der Waals surface area contributed by atoms with Gasteiger partial charge in [0.25, 0.3) is 0 Å². The van der Waals surface area contributed by atoms with Gasteiger partial charge in [-0.2, -0.15) is 0 Å². The van der Waals surface area contributed by atoms with Crippen LogP contribution in [0.2, 0.25) is 0 Å². The first-order valence-electron chi connectivity index (χ1n) is 6.68. The van der Waals surface area contributed by atoms with Crippen molar-refractivity contribution in [1.29, 1.82) is 0 Å². The number of rotatable bonds is 0. The minimum Gasteiger partial charge on any atom is -0.363 e. The van der Waals surface area contributed by atoms with E-state index in [2.05, 4.69) is 28.5 Å². The molecule has 1 saturated heterocycles. The van der Waals surface area contributed by atoms with Gasteiger partial charge in [0, 0.05) is 22.9 Å². The van der Waals surface area contributed by atoms with E-state index in [4.69, 9.17) is 0 Å². The van der Waals surface area contributed by atoms with Crippen LogP contribution in [0.15, 0.2) is 18.2 Å². The maximum atomic E-state index is 3.72. The fourth-order valence-electron chi connectivity index (χ4n) is 3.80. The molecule has 17 heavy (non-hydrogen) atoms. The fourth-order valence-corrected chi connectivity index (χ4v) is 4.52. The molecular weight excluding hydrogens is 224 g/mol. The number of H-pyrrole nitrogens is 1. The molecular formula is C14H18N2Si. The van der Waals surface area contributed by atoms with Crippen molar-refractivity contribution in [3.63, 3.8) is 0 Å². The Morgan fingerprint density at radius 1 is 1.29 bits per heavy atom. The number of benzene rings is 1. The van der Waals surface area contributed by atoms with E-state index in [1.54, 1.807) is 16.5 Å². The molecule has 2 N–H and O–H groups in total. The Bertz CT molecular complexity index is 587. The zero-order valence-corrected chi connectivity index (χ0v) is 12.2. The maximum Gasteiger partial charge on any atom is 0.0596 e.